The molecular formula is C15H16N2OS2. The number of anilines is 1. The molecule has 2 rings (SSSR count). The number of thiocarbonyl (C=S) groups is 1. The number of para-hydroxylation sites is 1. The first kappa shape index (κ1) is 14.8. The standard InChI is InChI=1S/C15H16N2OS2/c1-3-10-17-14(18)13(20-15(17)19)11-16(4-2)12-8-6-5-7-9-12/h3,5-9,11H,1,4,10H2,2H3. The normalized spacial score (nSPS) is 16.9. The Morgan fingerprint density at radius 3 is 2.70 bits per heavy atom. The average Bonchev–Trinajstić information content (AvgIpc) is 2.73. The van der Waals surface area contributed by atoms with Gasteiger partial charge in [0.15, 0.2) is 0 Å². The monoisotopic (exact) mass is 304 g/mol. The van der Waals surface area contributed by atoms with Crippen molar-refractivity contribution < 1.29 is 4.79 Å². The molecule has 1 aliphatic rings. The topological polar surface area (TPSA) is 23.6 Å². The summed E-state index contributed by atoms with van der Waals surface area (Å²) in [4.78, 5) is 16.5. The molecule has 0 saturated carbocycles. The van der Waals surface area contributed by atoms with E-state index in [-0.39, 0.29) is 5.91 Å². The zero-order chi connectivity index (χ0) is 14.5. The Hall–Kier alpha value is -1.59. The lowest BCUT2D eigenvalue weighted by atomic mass is 10.3. The van der Waals surface area contributed by atoms with Gasteiger partial charge < -0.3 is 4.90 Å². The quantitative estimate of drug-likeness (QED) is 0.472. The lowest BCUT2D eigenvalue weighted by molar-refractivity contribution is -0.121. The highest BCUT2D eigenvalue weighted by Gasteiger charge is 2.31. The van der Waals surface area contributed by atoms with Gasteiger partial charge in [-0.05, 0) is 19.1 Å². The summed E-state index contributed by atoms with van der Waals surface area (Å²) in [6, 6.07) is 9.97. The summed E-state index contributed by atoms with van der Waals surface area (Å²) in [5.74, 6) is -0.0470. The molecule has 1 fully saturated rings. The van der Waals surface area contributed by atoms with E-state index in [9.17, 15) is 4.79 Å². The number of thioether (sulfide) groups is 1. The van der Waals surface area contributed by atoms with Gasteiger partial charge in [-0.3, -0.25) is 9.69 Å². The molecule has 0 radical (unpaired) electrons. The van der Waals surface area contributed by atoms with Gasteiger partial charge in [0.05, 0.1) is 4.91 Å². The van der Waals surface area contributed by atoms with Crippen LogP contribution in [0.5, 0.6) is 0 Å². The number of benzene rings is 1. The number of hydrogen-bond acceptors (Lipinski definition) is 4. The first-order valence-electron chi connectivity index (χ1n) is 6.35. The van der Waals surface area contributed by atoms with E-state index in [1.165, 1.54) is 11.8 Å². The number of rotatable bonds is 5. The molecule has 5 heteroatoms. The van der Waals surface area contributed by atoms with Gasteiger partial charge in [0, 0.05) is 25.0 Å². The molecule has 20 heavy (non-hydrogen) atoms. The molecule has 0 atom stereocenters. The molecule has 0 N–H and O–H groups in total. The Morgan fingerprint density at radius 2 is 2.10 bits per heavy atom. The van der Waals surface area contributed by atoms with Crippen molar-refractivity contribution in [3.05, 3.63) is 54.1 Å². The van der Waals surface area contributed by atoms with Crippen LogP contribution in [0, 0.1) is 0 Å². The Labute approximate surface area is 128 Å². The van der Waals surface area contributed by atoms with Crippen molar-refractivity contribution >= 4 is 39.9 Å². The predicted octanol–water partition coefficient (Wildman–Crippen LogP) is 3.40. The molecule has 0 bridgehead atoms. The Balaban J connectivity index is 2.24. The SMILES string of the molecule is C=CCN1C(=O)C(=CN(CC)c2ccccc2)SC1=S. The Morgan fingerprint density at radius 1 is 1.40 bits per heavy atom. The Kier molecular flexibility index (Phi) is 4.98. The molecule has 1 saturated heterocycles. The summed E-state index contributed by atoms with van der Waals surface area (Å²) in [6.07, 6.45) is 3.56. The van der Waals surface area contributed by atoms with E-state index < -0.39 is 0 Å². The van der Waals surface area contributed by atoms with Crippen LogP contribution in [0.4, 0.5) is 5.69 Å². The van der Waals surface area contributed by atoms with Gasteiger partial charge in [-0.15, -0.1) is 6.58 Å². The van der Waals surface area contributed by atoms with Gasteiger partial charge in [-0.25, -0.2) is 0 Å². The summed E-state index contributed by atoms with van der Waals surface area (Å²) in [7, 11) is 0. The summed E-state index contributed by atoms with van der Waals surface area (Å²) in [5.41, 5.74) is 1.06. The van der Waals surface area contributed by atoms with Crippen molar-refractivity contribution in [1.82, 2.24) is 4.90 Å². The van der Waals surface area contributed by atoms with E-state index in [0.29, 0.717) is 15.8 Å². The first-order valence-corrected chi connectivity index (χ1v) is 7.58. The third kappa shape index (κ3) is 3.11. The van der Waals surface area contributed by atoms with Crippen LogP contribution in [0.3, 0.4) is 0 Å². The van der Waals surface area contributed by atoms with E-state index in [4.69, 9.17) is 12.2 Å². The fraction of sp³-hybridized carbons (Fsp3) is 0.200. The van der Waals surface area contributed by atoms with Gasteiger partial charge in [0.25, 0.3) is 5.91 Å². The molecule has 0 unspecified atom stereocenters. The fourth-order valence-electron chi connectivity index (χ4n) is 1.89. The van der Waals surface area contributed by atoms with E-state index in [2.05, 4.69) is 6.58 Å². The highest BCUT2D eigenvalue weighted by molar-refractivity contribution is 8.26. The molecular weight excluding hydrogens is 288 g/mol. The molecule has 0 aliphatic carbocycles. The maximum absolute atomic E-state index is 12.3. The third-order valence-corrected chi connectivity index (χ3v) is 4.25. The molecule has 1 aromatic rings. The first-order chi connectivity index (χ1) is 9.67. The zero-order valence-electron chi connectivity index (χ0n) is 11.3. The number of carbonyl (C=O) groups is 1. The maximum Gasteiger partial charge on any atom is 0.267 e. The lowest BCUT2D eigenvalue weighted by Crippen LogP contribution is -2.28. The van der Waals surface area contributed by atoms with Gasteiger partial charge in [-0.1, -0.05) is 48.3 Å². The maximum atomic E-state index is 12.3. The second-order valence-corrected chi connectivity index (χ2v) is 5.86. The third-order valence-electron chi connectivity index (χ3n) is 2.89. The van der Waals surface area contributed by atoms with E-state index in [1.54, 1.807) is 11.0 Å². The minimum atomic E-state index is -0.0470. The number of carbonyl (C=O) groups excluding carboxylic acids is 1. The zero-order valence-corrected chi connectivity index (χ0v) is 12.9. The molecule has 0 spiro atoms. The van der Waals surface area contributed by atoms with Crippen molar-refractivity contribution in [2.24, 2.45) is 0 Å². The van der Waals surface area contributed by atoms with E-state index in [0.717, 1.165) is 12.2 Å². The molecule has 1 aliphatic heterocycles. The van der Waals surface area contributed by atoms with Gasteiger partial charge >= 0.3 is 0 Å². The number of hydrogen-bond donors (Lipinski definition) is 0. The molecule has 3 nitrogen and oxygen atoms in total. The van der Waals surface area contributed by atoms with Gasteiger partial charge in [0.1, 0.15) is 4.32 Å². The second-order valence-electron chi connectivity index (χ2n) is 4.19. The highest BCUT2D eigenvalue weighted by atomic mass is 32.2. The molecule has 1 amide bonds. The van der Waals surface area contributed by atoms with E-state index in [1.807, 2.05) is 48.4 Å². The predicted molar refractivity (Wildman–Crippen MR) is 89.6 cm³/mol. The van der Waals surface area contributed by atoms with Crippen molar-refractivity contribution in [2.75, 3.05) is 18.0 Å². The van der Waals surface area contributed by atoms with Crippen LogP contribution in [0.1, 0.15) is 6.92 Å². The van der Waals surface area contributed by atoms with Crippen molar-refractivity contribution in [3.63, 3.8) is 0 Å². The summed E-state index contributed by atoms with van der Waals surface area (Å²) in [6.45, 7) is 6.94. The van der Waals surface area contributed by atoms with Crippen LogP contribution in [-0.4, -0.2) is 28.2 Å². The van der Waals surface area contributed by atoms with Crippen LogP contribution in [0.25, 0.3) is 0 Å². The van der Waals surface area contributed by atoms with Crippen molar-refractivity contribution in [2.45, 2.75) is 6.92 Å². The lowest BCUT2D eigenvalue weighted by Gasteiger charge is -2.18. The van der Waals surface area contributed by atoms with Crippen molar-refractivity contribution in [1.29, 1.82) is 0 Å². The minimum absolute atomic E-state index is 0.0470. The Bertz CT molecular complexity index is 554. The van der Waals surface area contributed by atoms with E-state index >= 15 is 0 Å². The summed E-state index contributed by atoms with van der Waals surface area (Å²) in [5, 5.41) is 0. The molecule has 1 heterocycles. The smallest absolute Gasteiger partial charge is 0.267 e. The largest absolute Gasteiger partial charge is 0.347 e. The fourth-order valence-corrected chi connectivity index (χ4v) is 3.15. The van der Waals surface area contributed by atoms with Crippen LogP contribution in [0.15, 0.2) is 54.1 Å². The van der Waals surface area contributed by atoms with Crippen LogP contribution in [0.2, 0.25) is 0 Å². The summed E-state index contributed by atoms with van der Waals surface area (Å²) < 4.78 is 0.588. The highest BCUT2D eigenvalue weighted by Crippen LogP contribution is 2.31. The molecule has 0 aromatic heterocycles. The van der Waals surface area contributed by atoms with Crippen LogP contribution < -0.4 is 4.90 Å². The van der Waals surface area contributed by atoms with Gasteiger partial charge in [-0.2, -0.15) is 0 Å². The van der Waals surface area contributed by atoms with Gasteiger partial charge in [0.2, 0.25) is 0 Å². The second kappa shape index (κ2) is 6.72. The number of nitrogens with zero attached hydrogens (tertiary/aromatic N) is 2. The minimum Gasteiger partial charge on any atom is -0.347 e. The number of amides is 1. The average molecular weight is 304 g/mol. The van der Waals surface area contributed by atoms with Crippen molar-refractivity contribution in [3.8, 4) is 0 Å². The van der Waals surface area contributed by atoms with Crippen LogP contribution >= 0.6 is 24.0 Å². The van der Waals surface area contributed by atoms with Crippen LogP contribution in [-0.2, 0) is 4.79 Å². The molecule has 104 valence electrons. The summed E-state index contributed by atoms with van der Waals surface area (Å²) >= 11 is 6.57. The molecule has 1 aromatic carbocycles.